The molecule has 0 N–H and O–H groups in total. The zero-order valence-electron chi connectivity index (χ0n) is 3.31. The number of carboxylic acid groups (broad SMARTS) is 2. The average Bonchev–Trinajstić information content (AvgIpc) is 0.811. The van der Waals surface area contributed by atoms with Gasteiger partial charge in [-0.25, -0.2) is 0 Å². The van der Waals surface area contributed by atoms with Gasteiger partial charge < -0.3 is 19.7 Å². The zero-order chi connectivity index (χ0) is 3.58. The number of hydrogen-bond donors (Lipinski definition) is 0. The Morgan fingerprint density at radius 1 is 1.29 bits per heavy atom. The van der Waals surface area contributed by atoms with Crippen molar-refractivity contribution in [3.8, 4) is 0 Å². The number of hydrogen-bond acceptors (Lipinski definition) is 3. The van der Waals surface area contributed by atoms with E-state index in [0.717, 1.165) is 0 Å². The monoisotopic (exact) mass is 261 g/mol. The first-order chi connectivity index (χ1) is 1.73. The van der Waals surface area contributed by atoms with Gasteiger partial charge in [0.15, 0.2) is 0 Å². The van der Waals surface area contributed by atoms with Crippen LogP contribution < -0.4 is 14.9 Å². The van der Waals surface area contributed by atoms with Gasteiger partial charge in [0.2, 0.25) is 0 Å². The van der Waals surface area contributed by atoms with Crippen LogP contribution in [-0.2, 0) is 0 Å². The van der Waals surface area contributed by atoms with E-state index in [9.17, 15) is 0 Å². The molecule has 0 spiro atoms. The molecular formula is CCaFNdO3+2. The minimum Gasteiger partial charge on any atom is -1.00 e. The molecule has 0 heterocycles. The number of carbonyl (C=O) groups is 1. The van der Waals surface area contributed by atoms with E-state index >= 15 is 0 Å². The first kappa shape index (κ1) is 23.2. The maximum absolute atomic E-state index is 8.33. The van der Waals surface area contributed by atoms with Crippen molar-refractivity contribution in [2.75, 3.05) is 0 Å². The molecule has 0 aliphatic carbocycles. The third kappa shape index (κ3) is 80.5. The van der Waals surface area contributed by atoms with Crippen LogP contribution in [0.3, 0.4) is 0 Å². The molecule has 0 amide bonds. The van der Waals surface area contributed by atoms with Crippen LogP contribution >= 0.6 is 0 Å². The summed E-state index contributed by atoms with van der Waals surface area (Å²) >= 11 is 0. The van der Waals surface area contributed by atoms with Crippen LogP contribution in [0.4, 0.5) is 4.79 Å². The van der Waals surface area contributed by atoms with Gasteiger partial charge >= 0.3 is 78.6 Å². The minimum absolute atomic E-state index is 0. The molecule has 0 fully saturated rings. The molecule has 7 heavy (non-hydrogen) atoms. The number of halogens is 1. The zero-order valence-corrected chi connectivity index (χ0v) is 8.73. The Balaban J connectivity index is -0.0000000150. The second kappa shape index (κ2) is 15.7. The molecule has 0 saturated heterocycles. The van der Waals surface area contributed by atoms with Crippen molar-refractivity contribution in [2.24, 2.45) is 0 Å². The molecule has 0 aliphatic heterocycles. The van der Waals surface area contributed by atoms with Gasteiger partial charge in [-0.05, 0) is 6.16 Å². The fourth-order valence-electron chi connectivity index (χ4n) is 0. The van der Waals surface area contributed by atoms with Crippen LogP contribution in [-0.4, -0.2) is 43.9 Å². The third-order valence-electron chi connectivity index (χ3n) is 0. The topological polar surface area (TPSA) is 63.2 Å². The van der Waals surface area contributed by atoms with E-state index in [0.29, 0.717) is 0 Å². The van der Waals surface area contributed by atoms with Crippen LogP contribution in [0.5, 0.6) is 0 Å². The van der Waals surface area contributed by atoms with Crippen LogP contribution in [0.15, 0.2) is 0 Å². The summed E-state index contributed by atoms with van der Waals surface area (Å²) in [6.07, 6.45) is -2.33. The third-order valence-corrected chi connectivity index (χ3v) is 0. The predicted molar refractivity (Wildman–Crippen MR) is 11.1 cm³/mol. The van der Waals surface area contributed by atoms with Crippen molar-refractivity contribution in [1.82, 2.24) is 0 Å². The van der Waals surface area contributed by atoms with Gasteiger partial charge in [-0.15, -0.1) is 0 Å². The van der Waals surface area contributed by atoms with Crippen molar-refractivity contribution in [1.29, 1.82) is 0 Å². The predicted octanol–water partition coefficient (Wildman–Crippen LogP) is -5.82. The molecule has 0 unspecified atom stereocenters. The Hall–Kier alpha value is 1.81. The van der Waals surface area contributed by atoms with Crippen molar-refractivity contribution in [3.63, 3.8) is 0 Å². The van der Waals surface area contributed by atoms with Gasteiger partial charge in [0.1, 0.15) is 0 Å². The first-order valence-electron chi connectivity index (χ1n) is 0.612. The summed E-state index contributed by atoms with van der Waals surface area (Å²) in [6.45, 7) is 0. The van der Waals surface area contributed by atoms with Crippen molar-refractivity contribution >= 4 is 43.9 Å². The molecule has 0 aromatic heterocycles. The summed E-state index contributed by atoms with van der Waals surface area (Å²) in [5, 5.41) is 16.7. The maximum Gasteiger partial charge on any atom is 3.00 e. The summed E-state index contributed by atoms with van der Waals surface area (Å²) in [5.41, 5.74) is 0. The van der Waals surface area contributed by atoms with Gasteiger partial charge in [-0.3, -0.25) is 0 Å². The van der Waals surface area contributed by atoms with Crippen molar-refractivity contribution in [2.45, 2.75) is 0 Å². The molecule has 0 rings (SSSR count). The molecule has 1 radical (unpaired) electrons. The van der Waals surface area contributed by atoms with E-state index in [1.54, 1.807) is 0 Å². The summed E-state index contributed by atoms with van der Waals surface area (Å²) in [6, 6.07) is 0. The Labute approximate surface area is 102 Å². The van der Waals surface area contributed by atoms with Crippen LogP contribution in [0.1, 0.15) is 0 Å². The minimum atomic E-state index is -2.33. The standard InChI is InChI=1S/CH2O3.Ca.FH.Nd/c2-1(3)4;;;/h(H2,2,3,4);;1H;/q;+2;;+3/p-3. The normalized spacial score (nSPS) is 3.43. The Kier molecular flexibility index (Phi) is 51.9. The van der Waals surface area contributed by atoms with Crippen LogP contribution in [0.2, 0.25) is 0 Å². The molecule has 3 nitrogen and oxygen atoms in total. The van der Waals surface area contributed by atoms with Gasteiger partial charge in [-0.2, -0.15) is 0 Å². The fraction of sp³-hybridized carbons (Fsp3) is 0. The molecular weight excluding hydrogens is 263 g/mol. The molecule has 33 valence electrons. The van der Waals surface area contributed by atoms with E-state index < -0.39 is 6.16 Å². The Morgan fingerprint density at radius 3 is 1.29 bits per heavy atom. The van der Waals surface area contributed by atoms with Gasteiger partial charge in [0.05, 0.1) is 0 Å². The van der Waals surface area contributed by atoms with Gasteiger partial charge in [0.25, 0.3) is 0 Å². The van der Waals surface area contributed by atoms with Crippen molar-refractivity contribution < 1.29 is 60.6 Å². The van der Waals surface area contributed by atoms with E-state index in [2.05, 4.69) is 0 Å². The van der Waals surface area contributed by atoms with Gasteiger partial charge in [-0.1, -0.05) is 0 Å². The van der Waals surface area contributed by atoms with Crippen LogP contribution in [0.25, 0.3) is 0 Å². The maximum atomic E-state index is 8.33. The van der Waals surface area contributed by atoms with E-state index in [1.807, 2.05) is 0 Å². The fourth-order valence-corrected chi connectivity index (χ4v) is 0. The quantitative estimate of drug-likeness (QED) is 0.409. The largest absolute Gasteiger partial charge is 3.00 e. The van der Waals surface area contributed by atoms with E-state index in [-0.39, 0.29) is 83.3 Å². The van der Waals surface area contributed by atoms with Crippen molar-refractivity contribution in [3.05, 3.63) is 0 Å². The molecule has 0 bridgehead atoms. The number of rotatable bonds is 0. The van der Waals surface area contributed by atoms with Crippen LogP contribution in [0, 0.1) is 40.8 Å². The molecule has 0 aromatic carbocycles. The second-order valence-corrected chi connectivity index (χ2v) is 0.250. The first-order valence-corrected chi connectivity index (χ1v) is 0.612. The molecule has 0 atom stereocenters. The SMILES string of the molecule is O=C([O-])[O-].[Ca+2].[F-].[Nd+3]. The summed E-state index contributed by atoms with van der Waals surface area (Å²) < 4.78 is 0. The molecule has 0 aromatic rings. The smallest absolute Gasteiger partial charge is 1.00 e. The second-order valence-electron chi connectivity index (χ2n) is 0.250. The molecule has 6 heteroatoms. The molecule has 0 saturated carbocycles. The summed E-state index contributed by atoms with van der Waals surface area (Å²) in [4.78, 5) is 8.33. The summed E-state index contributed by atoms with van der Waals surface area (Å²) in [5.74, 6) is 0. The molecule has 0 aliphatic rings. The van der Waals surface area contributed by atoms with E-state index in [4.69, 9.17) is 15.0 Å². The summed E-state index contributed by atoms with van der Waals surface area (Å²) in [7, 11) is 0. The van der Waals surface area contributed by atoms with Gasteiger partial charge in [0, 0.05) is 0 Å². The Bertz CT molecular complexity index is 37.9. The Morgan fingerprint density at radius 2 is 1.29 bits per heavy atom. The van der Waals surface area contributed by atoms with E-state index in [1.165, 1.54) is 0 Å². The average molecular weight is 263 g/mol. The number of carbonyl (C=O) groups excluding carboxylic acids is 1.